The molecular formula is C20H18FN7O2S. The number of carbonyl (C=O) groups is 1. The summed E-state index contributed by atoms with van der Waals surface area (Å²) in [6.45, 7) is 3.39. The molecule has 1 amide bonds. The van der Waals surface area contributed by atoms with Gasteiger partial charge in [-0.25, -0.2) is 18.7 Å². The highest BCUT2D eigenvalue weighted by Crippen LogP contribution is 2.26. The van der Waals surface area contributed by atoms with Crippen molar-refractivity contribution in [3.8, 4) is 5.13 Å². The Morgan fingerprint density at radius 3 is 2.90 bits per heavy atom. The number of aromatic nitrogens is 4. The summed E-state index contributed by atoms with van der Waals surface area (Å²) in [6, 6.07) is 6.27. The Labute approximate surface area is 179 Å². The number of H-pyrrole nitrogens is 1. The zero-order chi connectivity index (χ0) is 21.4. The number of amides is 1. The molecule has 1 aliphatic heterocycles. The summed E-state index contributed by atoms with van der Waals surface area (Å²) < 4.78 is 15.2. The molecule has 9 nitrogen and oxygen atoms in total. The van der Waals surface area contributed by atoms with E-state index in [2.05, 4.69) is 30.5 Å². The highest BCUT2D eigenvalue weighted by Gasteiger charge is 2.20. The Morgan fingerprint density at radius 1 is 1.23 bits per heavy atom. The van der Waals surface area contributed by atoms with Crippen LogP contribution >= 0.6 is 11.3 Å². The minimum absolute atomic E-state index is 0.102. The lowest BCUT2D eigenvalue weighted by atomic mass is 10.2. The fourth-order valence-electron chi connectivity index (χ4n) is 3.61. The average molecular weight is 439 g/mol. The Bertz CT molecular complexity index is 1320. The number of piperazine rings is 1. The number of fused-ring (bicyclic) bond motifs is 1. The van der Waals surface area contributed by atoms with Crippen LogP contribution in [-0.2, 0) is 0 Å². The normalized spacial score (nSPS) is 14.2. The number of anilines is 2. The highest BCUT2D eigenvalue weighted by molar-refractivity contribution is 7.12. The molecule has 1 aromatic carbocycles. The fraction of sp³-hybridized carbons (Fsp3) is 0.200. The molecule has 4 aromatic rings. The van der Waals surface area contributed by atoms with Gasteiger partial charge in [-0.2, -0.15) is 0 Å². The molecule has 0 saturated carbocycles. The zero-order valence-electron chi connectivity index (χ0n) is 16.3. The number of thiazole rings is 1. The molecule has 11 heteroatoms. The van der Waals surface area contributed by atoms with Gasteiger partial charge in [-0.3, -0.25) is 9.78 Å². The van der Waals surface area contributed by atoms with Crippen molar-refractivity contribution in [2.24, 2.45) is 0 Å². The first-order valence-corrected chi connectivity index (χ1v) is 10.6. The average Bonchev–Trinajstić information content (AvgIpc) is 3.39. The zero-order valence-corrected chi connectivity index (χ0v) is 17.1. The van der Waals surface area contributed by atoms with E-state index in [1.54, 1.807) is 23.8 Å². The van der Waals surface area contributed by atoms with E-state index in [9.17, 15) is 14.0 Å². The summed E-state index contributed by atoms with van der Waals surface area (Å²) in [4.78, 5) is 38.3. The maximum absolute atomic E-state index is 14.0. The first kappa shape index (κ1) is 19.4. The molecule has 0 unspecified atom stereocenters. The number of hydrogen-bond acceptors (Lipinski definition) is 7. The van der Waals surface area contributed by atoms with Crippen LogP contribution in [0.3, 0.4) is 0 Å². The molecule has 5 rings (SSSR count). The molecule has 0 bridgehead atoms. The summed E-state index contributed by atoms with van der Waals surface area (Å²) in [5.41, 5.74) is 1.59. The number of para-hydroxylation sites is 1. The van der Waals surface area contributed by atoms with Gasteiger partial charge < -0.3 is 20.5 Å². The van der Waals surface area contributed by atoms with Gasteiger partial charge in [0.15, 0.2) is 5.13 Å². The predicted molar refractivity (Wildman–Crippen MR) is 117 cm³/mol. The van der Waals surface area contributed by atoms with Gasteiger partial charge in [0, 0.05) is 37.8 Å². The maximum atomic E-state index is 14.0. The lowest BCUT2D eigenvalue weighted by Gasteiger charge is -2.30. The van der Waals surface area contributed by atoms with Crippen molar-refractivity contribution in [2.45, 2.75) is 0 Å². The summed E-state index contributed by atoms with van der Waals surface area (Å²) in [7, 11) is 0. The predicted octanol–water partition coefficient (Wildman–Crippen LogP) is 1.97. The standard InChI is InChI=1S/C20H18FN7O2S/c21-12-2-1-3-16-17(12)26-19(30)28(16)20-25-14(11-31-20)18(29)24-13-10-23-5-4-15(13)27-8-6-22-7-9-27/h1-5,10-11,22H,6-9H2,(H,24,29)(H,26,30). The van der Waals surface area contributed by atoms with Crippen molar-refractivity contribution in [3.05, 3.63) is 64.0 Å². The quantitative estimate of drug-likeness (QED) is 0.449. The van der Waals surface area contributed by atoms with Crippen molar-refractivity contribution >= 4 is 39.7 Å². The Hall–Kier alpha value is -3.57. The number of rotatable bonds is 4. The number of benzene rings is 1. The molecule has 0 radical (unpaired) electrons. The molecular weight excluding hydrogens is 421 g/mol. The molecule has 1 fully saturated rings. The summed E-state index contributed by atoms with van der Waals surface area (Å²) in [6.07, 6.45) is 3.30. The van der Waals surface area contributed by atoms with E-state index < -0.39 is 17.4 Å². The van der Waals surface area contributed by atoms with E-state index >= 15 is 0 Å². The van der Waals surface area contributed by atoms with Crippen LogP contribution in [0.2, 0.25) is 0 Å². The van der Waals surface area contributed by atoms with Gasteiger partial charge in [0.1, 0.15) is 17.0 Å². The van der Waals surface area contributed by atoms with Gasteiger partial charge in [0.05, 0.1) is 23.1 Å². The topological polar surface area (TPSA) is 108 Å². The maximum Gasteiger partial charge on any atom is 0.333 e. The second-order valence-corrected chi connectivity index (χ2v) is 7.84. The molecule has 1 aliphatic rings. The molecule has 3 N–H and O–H groups in total. The third-order valence-corrected chi connectivity index (χ3v) is 5.91. The summed E-state index contributed by atoms with van der Waals surface area (Å²) >= 11 is 1.13. The second-order valence-electron chi connectivity index (χ2n) is 7.00. The smallest absolute Gasteiger partial charge is 0.333 e. The molecule has 0 aliphatic carbocycles. The van der Waals surface area contributed by atoms with Crippen LogP contribution in [0.5, 0.6) is 0 Å². The Kier molecular flexibility index (Phi) is 4.96. The molecule has 4 heterocycles. The van der Waals surface area contributed by atoms with Crippen LogP contribution in [0.1, 0.15) is 10.5 Å². The van der Waals surface area contributed by atoms with Crippen LogP contribution in [0.15, 0.2) is 46.8 Å². The third-order valence-electron chi connectivity index (χ3n) is 5.09. The first-order valence-electron chi connectivity index (χ1n) is 9.68. The van der Waals surface area contributed by atoms with Crippen molar-refractivity contribution in [3.63, 3.8) is 0 Å². The van der Waals surface area contributed by atoms with E-state index in [0.717, 1.165) is 43.2 Å². The van der Waals surface area contributed by atoms with Crippen LogP contribution in [-0.4, -0.2) is 51.6 Å². The first-order chi connectivity index (χ1) is 15.1. The van der Waals surface area contributed by atoms with E-state index in [0.29, 0.717) is 11.2 Å². The lowest BCUT2D eigenvalue weighted by molar-refractivity contribution is 0.102. The van der Waals surface area contributed by atoms with Gasteiger partial charge in [-0.1, -0.05) is 6.07 Å². The summed E-state index contributed by atoms with van der Waals surface area (Å²) in [5, 5.41) is 8.01. The van der Waals surface area contributed by atoms with Gasteiger partial charge in [0.2, 0.25) is 0 Å². The van der Waals surface area contributed by atoms with E-state index in [-0.39, 0.29) is 16.3 Å². The van der Waals surface area contributed by atoms with Crippen molar-refractivity contribution < 1.29 is 9.18 Å². The van der Waals surface area contributed by atoms with E-state index in [1.165, 1.54) is 16.7 Å². The largest absolute Gasteiger partial charge is 0.367 e. The summed E-state index contributed by atoms with van der Waals surface area (Å²) in [5.74, 6) is -0.939. The van der Waals surface area contributed by atoms with Crippen molar-refractivity contribution in [2.75, 3.05) is 36.4 Å². The number of nitrogens with one attached hydrogen (secondary N) is 3. The number of halogens is 1. The molecule has 31 heavy (non-hydrogen) atoms. The van der Waals surface area contributed by atoms with Crippen LogP contribution in [0.25, 0.3) is 16.2 Å². The van der Waals surface area contributed by atoms with Gasteiger partial charge in [-0.15, -0.1) is 11.3 Å². The molecule has 3 aromatic heterocycles. The van der Waals surface area contributed by atoms with Gasteiger partial charge in [0.25, 0.3) is 5.91 Å². The SMILES string of the molecule is O=C(Nc1cnccc1N1CCNCC1)c1csc(-n2c(=O)[nH]c3c(F)cccc32)n1. The Balaban J connectivity index is 1.43. The lowest BCUT2D eigenvalue weighted by Crippen LogP contribution is -2.43. The third kappa shape index (κ3) is 3.57. The minimum atomic E-state index is -0.528. The number of pyridine rings is 1. The fourth-order valence-corrected chi connectivity index (χ4v) is 4.42. The van der Waals surface area contributed by atoms with Crippen LogP contribution in [0, 0.1) is 5.82 Å². The van der Waals surface area contributed by atoms with Crippen LogP contribution < -0.4 is 21.2 Å². The van der Waals surface area contributed by atoms with Gasteiger partial charge in [-0.05, 0) is 18.2 Å². The monoisotopic (exact) mass is 439 g/mol. The van der Waals surface area contributed by atoms with Crippen molar-refractivity contribution in [1.82, 2.24) is 24.8 Å². The molecule has 158 valence electrons. The number of carbonyl (C=O) groups excluding carboxylic acids is 1. The number of hydrogen-bond donors (Lipinski definition) is 3. The van der Waals surface area contributed by atoms with E-state index in [4.69, 9.17) is 0 Å². The van der Waals surface area contributed by atoms with Gasteiger partial charge >= 0.3 is 5.69 Å². The Morgan fingerprint density at radius 2 is 2.06 bits per heavy atom. The van der Waals surface area contributed by atoms with Crippen LogP contribution in [0.4, 0.5) is 15.8 Å². The molecule has 0 spiro atoms. The van der Waals surface area contributed by atoms with Crippen molar-refractivity contribution in [1.29, 1.82) is 0 Å². The number of nitrogens with zero attached hydrogens (tertiary/aromatic N) is 4. The minimum Gasteiger partial charge on any atom is -0.367 e. The number of aromatic amines is 1. The number of imidazole rings is 1. The highest BCUT2D eigenvalue weighted by atomic mass is 32.1. The van der Waals surface area contributed by atoms with E-state index in [1.807, 2.05) is 6.07 Å². The molecule has 1 saturated heterocycles. The second kappa shape index (κ2) is 7.93. The molecule has 0 atom stereocenters.